The third-order valence-corrected chi connectivity index (χ3v) is 1.86. The van der Waals surface area contributed by atoms with E-state index < -0.39 is 0 Å². The molecule has 0 atom stereocenters. The zero-order valence-corrected chi connectivity index (χ0v) is 9.72. The van der Waals surface area contributed by atoms with Gasteiger partial charge in [0.2, 0.25) is 0 Å². The van der Waals surface area contributed by atoms with Crippen molar-refractivity contribution in [1.82, 2.24) is 5.32 Å². The Balaban J connectivity index is 0.000000500. The molecule has 0 radical (unpaired) electrons. The second-order valence-electron chi connectivity index (χ2n) is 3.29. The standard InChI is InChI=1S/C11H14.C2H7N/c1-4-10-7-5-6-8-11(10)9(2)3;1-3-2/h5-8H,2,4H2,1,3H3;3H,1-2H3. The van der Waals surface area contributed by atoms with E-state index in [1.807, 2.05) is 14.1 Å². The van der Waals surface area contributed by atoms with Crippen LogP contribution in [0.2, 0.25) is 0 Å². The first-order valence-corrected chi connectivity index (χ1v) is 4.99. The second kappa shape index (κ2) is 7.34. The number of hydrogen-bond donors (Lipinski definition) is 1. The highest BCUT2D eigenvalue weighted by Gasteiger charge is 1.97. The van der Waals surface area contributed by atoms with E-state index in [0.717, 1.165) is 12.0 Å². The molecule has 1 aromatic carbocycles. The molecular weight excluding hydrogens is 170 g/mol. The molecule has 0 heterocycles. The molecule has 0 bridgehead atoms. The summed E-state index contributed by atoms with van der Waals surface area (Å²) in [4.78, 5) is 0. The minimum absolute atomic E-state index is 1.09. The molecule has 1 N–H and O–H groups in total. The number of benzene rings is 1. The molecule has 0 aliphatic carbocycles. The first-order valence-electron chi connectivity index (χ1n) is 4.99. The van der Waals surface area contributed by atoms with Crippen LogP contribution in [0.3, 0.4) is 0 Å². The fourth-order valence-corrected chi connectivity index (χ4v) is 1.24. The fraction of sp³-hybridized carbons (Fsp3) is 0.385. The molecule has 1 heteroatoms. The number of hydrogen-bond acceptors (Lipinski definition) is 1. The topological polar surface area (TPSA) is 12.0 Å². The number of aryl methyl sites for hydroxylation is 1. The van der Waals surface area contributed by atoms with Gasteiger partial charge in [-0.25, -0.2) is 0 Å². The summed E-state index contributed by atoms with van der Waals surface area (Å²) in [5, 5.41) is 2.75. The Morgan fingerprint density at radius 3 is 2.14 bits per heavy atom. The van der Waals surface area contributed by atoms with E-state index in [-0.39, 0.29) is 0 Å². The predicted molar refractivity (Wildman–Crippen MR) is 65.5 cm³/mol. The van der Waals surface area contributed by atoms with Crippen LogP contribution >= 0.6 is 0 Å². The van der Waals surface area contributed by atoms with Crippen molar-refractivity contribution in [3.05, 3.63) is 42.0 Å². The van der Waals surface area contributed by atoms with Crippen molar-refractivity contribution < 1.29 is 0 Å². The molecule has 0 spiro atoms. The fourth-order valence-electron chi connectivity index (χ4n) is 1.24. The lowest BCUT2D eigenvalue weighted by molar-refractivity contribution is 1.02. The normalized spacial score (nSPS) is 8.86. The Morgan fingerprint density at radius 2 is 1.79 bits per heavy atom. The van der Waals surface area contributed by atoms with Gasteiger partial charge in [-0.1, -0.05) is 43.3 Å². The lowest BCUT2D eigenvalue weighted by Crippen LogP contribution is -1.89. The monoisotopic (exact) mass is 191 g/mol. The van der Waals surface area contributed by atoms with Gasteiger partial charge in [-0.15, -0.1) is 0 Å². The van der Waals surface area contributed by atoms with Crippen LogP contribution in [-0.4, -0.2) is 14.1 Å². The van der Waals surface area contributed by atoms with Gasteiger partial charge in [-0.05, 0) is 38.6 Å². The minimum Gasteiger partial charge on any atom is -0.323 e. The summed E-state index contributed by atoms with van der Waals surface area (Å²) in [6, 6.07) is 8.42. The summed E-state index contributed by atoms with van der Waals surface area (Å²) in [5.41, 5.74) is 3.84. The molecule has 78 valence electrons. The maximum Gasteiger partial charge on any atom is -0.0167 e. The van der Waals surface area contributed by atoms with Crippen LogP contribution in [0.4, 0.5) is 0 Å². The first-order chi connectivity index (χ1) is 6.67. The summed E-state index contributed by atoms with van der Waals surface area (Å²) < 4.78 is 0. The summed E-state index contributed by atoms with van der Waals surface area (Å²) in [5.74, 6) is 0. The van der Waals surface area contributed by atoms with E-state index in [2.05, 4.69) is 50.0 Å². The van der Waals surface area contributed by atoms with Gasteiger partial charge in [0.25, 0.3) is 0 Å². The Labute approximate surface area is 87.9 Å². The van der Waals surface area contributed by atoms with Crippen LogP contribution in [0.25, 0.3) is 5.57 Å². The molecule has 1 nitrogen and oxygen atoms in total. The van der Waals surface area contributed by atoms with Crippen molar-refractivity contribution in [1.29, 1.82) is 0 Å². The molecule has 0 saturated carbocycles. The lowest BCUT2D eigenvalue weighted by atomic mass is 10.0. The summed E-state index contributed by atoms with van der Waals surface area (Å²) in [6.07, 6.45) is 1.09. The van der Waals surface area contributed by atoms with Crippen molar-refractivity contribution in [2.75, 3.05) is 14.1 Å². The SMILES string of the molecule is C=C(C)c1ccccc1CC.CNC. The number of rotatable bonds is 2. The maximum absolute atomic E-state index is 3.93. The number of nitrogens with one attached hydrogen (secondary N) is 1. The van der Waals surface area contributed by atoms with Gasteiger partial charge < -0.3 is 5.32 Å². The molecule has 0 aliphatic rings. The molecule has 1 rings (SSSR count). The van der Waals surface area contributed by atoms with Crippen LogP contribution in [0.1, 0.15) is 25.0 Å². The van der Waals surface area contributed by atoms with E-state index in [1.54, 1.807) is 0 Å². The largest absolute Gasteiger partial charge is 0.323 e. The van der Waals surface area contributed by atoms with Crippen molar-refractivity contribution in [2.24, 2.45) is 0 Å². The average Bonchev–Trinajstić information content (AvgIpc) is 2.19. The van der Waals surface area contributed by atoms with Crippen LogP contribution in [0, 0.1) is 0 Å². The summed E-state index contributed by atoms with van der Waals surface area (Å²) in [6.45, 7) is 8.15. The highest BCUT2D eigenvalue weighted by Crippen LogP contribution is 2.16. The molecule has 0 aliphatic heterocycles. The van der Waals surface area contributed by atoms with Crippen molar-refractivity contribution in [2.45, 2.75) is 20.3 Å². The van der Waals surface area contributed by atoms with E-state index in [0.29, 0.717) is 0 Å². The quantitative estimate of drug-likeness (QED) is 0.757. The Hall–Kier alpha value is -1.08. The van der Waals surface area contributed by atoms with E-state index in [9.17, 15) is 0 Å². The van der Waals surface area contributed by atoms with E-state index >= 15 is 0 Å². The van der Waals surface area contributed by atoms with Gasteiger partial charge in [0.1, 0.15) is 0 Å². The molecule has 0 fully saturated rings. The molecule has 0 saturated heterocycles. The highest BCUT2D eigenvalue weighted by molar-refractivity contribution is 5.64. The Bertz CT molecular complexity index is 276. The van der Waals surface area contributed by atoms with Gasteiger partial charge in [-0.2, -0.15) is 0 Å². The van der Waals surface area contributed by atoms with Crippen LogP contribution < -0.4 is 5.32 Å². The molecule has 1 aromatic rings. The molecular formula is C13H21N. The summed E-state index contributed by atoms with van der Waals surface area (Å²) in [7, 11) is 3.75. The van der Waals surface area contributed by atoms with Gasteiger partial charge in [0.15, 0.2) is 0 Å². The molecule has 14 heavy (non-hydrogen) atoms. The average molecular weight is 191 g/mol. The number of allylic oxidation sites excluding steroid dienone is 1. The predicted octanol–water partition coefficient (Wildman–Crippen LogP) is 3.12. The van der Waals surface area contributed by atoms with Crippen LogP contribution in [-0.2, 0) is 6.42 Å². The van der Waals surface area contributed by atoms with Gasteiger partial charge in [0.05, 0.1) is 0 Å². The molecule has 0 amide bonds. The van der Waals surface area contributed by atoms with Crippen molar-refractivity contribution in [3.63, 3.8) is 0 Å². The Morgan fingerprint density at radius 1 is 1.29 bits per heavy atom. The molecule has 0 aromatic heterocycles. The summed E-state index contributed by atoms with van der Waals surface area (Å²) >= 11 is 0. The Kier molecular flexibility index (Phi) is 6.77. The van der Waals surface area contributed by atoms with Crippen molar-refractivity contribution in [3.8, 4) is 0 Å². The van der Waals surface area contributed by atoms with E-state index in [4.69, 9.17) is 0 Å². The van der Waals surface area contributed by atoms with Crippen molar-refractivity contribution >= 4 is 5.57 Å². The van der Waals surface area contributed by atoms with Crippen LogP contribution in [0.15, 0.2) is 30.8 Å². The first kappa shape index (κ1) is 12.9. The smallest absolute Gasteiger partial charge is 0.0167 e. The zero-order valence-electron chi connectivity index (χ0n) is 9.72. The van der Waals surface area contributed by atoms with E-state index in [1.165, 1.54) is 11.1 Å². The molecule has 0 unspecified atom stereocenters. The van der Waals surface area contributed by atoms with Gasteiger partial charge in [-0.3, -0.25) is 0 Å². The highest BCUT2D eigenvalue weighted by atomic mass is 14.7. The minimum atomic E-state index is 1.09. The maximum atomic E-state index is 3.93. The van der Waals surface area contributed by atoms with Crippen LogP contribution in [0.5, 0.6) is 0 Å². The second-order valence-corrected chi connectivity index (χ2v) is 3.29. The van der Waals surface area contributed by atoms with Gasteiger partial charge in [0, 0.05) is 0 Å². The third-order valence-electron chi connectivity index (χ3n) is 1.86. The lowest BCUT2D eigenvalue weighted by Gasteiger charge is -2.05. The zero-order chi connectivity index (χ0) is 11.0. The van der Waals surface area contributed by atoms with Gasteiger partial charge >= 0.3 is 0 Å². The third kappa shape index (κ3) is 4.24.